The molecule has 0 aliphatic heterocycles. The first-order valence-electron chi connectivity index (χ1n) is 9.34. The van der Waals surface area contributed by atoms with Gasteiger partial charge in [-0.3, -0.25) is 4.79 Å². The number of pyridine rings is 1. The lowest BCUT2D eigenvalue weighted by atomic mass is 9.90. The number of hydrogen-bond donors (Lipinski definition) is 1. The van der Waals surface area contributed by atoms with Crippen LogP contribution in [0.3, 0.4) is 0 Å². The number of sulfonamides is 1. The lowest BCUT2D eigenvalue weighted by Crippen LogP contribution is -2.34. The van der Waals surface area contributed by atoms with E-state index in [0.717, 1.165) is 28.5 Å². The van der Waals surface area contributed by atoms with E-state index in [-0.39, 0.29) is 10.8 Å². The Morgan fingerprint density at radius 3 is 2.79 bits per heavy atom. The Hall–Kier alpha value is -1.97. The van der Waals surface area contributed by atoms with Crippen LogP contribution in [0.15, 0.2) is 40.1 Å². The van der Waals surface area contributed by atoms with Crippen molar-refractivity contribution in [3.05, 3.63) is 35.8 Å². The SMILES string of the molecule is CN(CC(=O)Nc1ncccc1OCC1CCCCC1)S(=O)(=O)c1cccs1. The van der Waals surface area contributed by atoms with E-state index in [1.165, 1.54) is 32.4 Å². The van der Waals surface area contributed by atoms with Crippen LogP contribution >= 0.6 is 11.3 Å². The van der Waals surface area contributed by atoms with Gasteiger partial charge in [0.1, 0.15) is 4.21 Å². The van der Waals surface area contributed by atoms with Gasteiger partial charge < -0.3 is 10.1 Å². The Kier molecular flexibility index (Phi) is 7.03. The van der Waals surface area contributed by atoms with Crippen molar-refractivity contribution < 1.29 is 17.9 Å². The number of likely N-dealkylation sites (N-methyl/N-ethyl adjacent to an activating group) is 1. The first kappa shape index (κ1) is 20.8. The van der Waals surface area contributed by atoms with E-state index in [0.29, 0.717) is 24.1 Å². The molecule has 1 N–H and O–H groups in total. The summed E-state index contributed by atoms with van der Waals surface area (Å²) in [6.07, 6.45) is 7.63. The minimum atomic E-state index is -3.68. The number of aromatic nitrogens is 1. The Bertz CT molecular complexity index is 878. The Balaban J connectivity index is 1.59. The molecule has 9 heteroatoms. The minimum Gasteiger partial charge on any atom is -0.489 e. The van der Waals surface area contributed by atoms with Crippen molar-refractivity contribution in [1.29, 1.82) is 0 Å². The first-order chi connectivity index (χ1) is 13.5. The average molecular weight is 424 g/mol. The molecule has 2 heterocycles. The third kappa shape index (κ3) is 5.30. The molecule has 0 saturated heterocycles. The van der Waals surface area contributed by atoms with E-state index in [2.05, 4.69) is 10.3 Å². The van der Waals surface area contributed by atoms with E-state index >= 15 is 0 Å². The number of carbonyl (C=O) groups excluding carboxylic acids is 1. The van der Waals surface area contributed by atoms with Gasteiger partial charge in [0.15, 0.2) is 11.6 Å². The lowest BCUT2D eigenvalue weighted by molar-refractivity contribution is -0.116. The van der Waals surface area contributed by atoms with Gasteiger partial charge in [-0.05, 0) is 42.3 Å². The highest BCUT2D eigenvalue weighted by molar-refractivity contribution is 7.91. The molecule has 2 aromatic rings. The number of anilines is 1. The molecule has 0 spiro atoms. The summed E-state index contributed by atoms with van der Waals surface area (Å²) in [5.74, 6) is 0.874. The number of nitrogens with zero attached hydrogens (tertiary/aromatic N) is 2. The zero-order valence-corrected chi connectivity index (χ0v) is 17.5. The van der Waals surface area contributed by atoms with Gasteiger partial charge >= 0.3 is 0 Å². The van der Waals surface area contributed by atoms with Gasteiger partial charge in [0.05, 0.1) is 13.2 Å². The third-order valence-corrected chi connectivity index (χ3v) is 7.93. The summed E-state index contributed by atoms with van der Waals surface area (Å²) < 4.78 is 32.0. The normalized spacial score (nSPS) is 15.5. The highest BCUT2D eigenvalue weighted by atomic mass is 32.2. The molecule has 3 rings (SSSR count). The Labute approximate surface area is 169 Å². The molecular formula is C19H25N3O4S2. The van der Waals surface area contributed by atoms with Crippen molar-refractivity contribution in [3.63, 3.8) is 0 Å². The van der Waals surface area contributed by atoms with Crippen LogP contribution in [0, 0.1) is 5.92 Å². The molecule has 2 aromatic heterocycles. The van der Waals surface area contributed by atoms with Gasteiger partial charge in [-0.2, -0.15) is 4.31 Å². The summed E-state index contributed by atoms with van der Waals surface area (Å²) in [5.41, 5.74) is 0. The second-order valence-electron chi connectivity index (χ2n) is 6.91. The van der Waals surface area contributed by atoms with E-state index in [9.17, 15) is 13.2 Å². The Morgan fingerprint density at radius 1 is 1.29 bits per heavy atom. The van der Waals surface area contributed by atoms with Gasteiger partial charge in [-0.25, -0.2) is 13.4 Å². The van der Waals surface area contributed by atoms with Crippen LogP contribution in [0.1, 0.15) is 32.1 Å². The van der Waals surface area contributed by atoms with E-state index in [1.807, 2.05) is 0 Å². The number of ether oxygens (including phenoxy) is 1. The molecule has 0 unspecified atom stereocenters. The number of carbonyl (C=O) groups is 1. The minimum absolute atomic E-state index is 0.206. The molecule has 152 valence electrons. The lowest BCUT2D eigenvalue weighted by Gasteiger charge is -2.22. The van der Waals surface area contributed by atoms with Crippen LogP contribution in [-0.2, 0) is 14.8 Å². The van der Waals surface area contributed by atoms with Gasteiger partial charge in [-0.15, -0.1) is 11.3 Å². The first-order valence-corrected chi connectivity index (χ1v) is 11.7. The molecule has 0 atom stereocenters. The number of hydrogen-bond acceptors (Lipinski definition) is 6. The van der Waals surface area contributed by atoms with Crippen molar-refractivity contribution in [2.75, 3.05) is 25.5 Å². The largest absolute Gasteiger partial charge is 0.489 e. The second-order valence-corrected chi connectivity index (χ2v) is 10.1. The van der Waals surface area contributed by atoms with Crippen molar-refractivity contribution in [1.82, 2.24) is 9.29 Å². The smallest absolute Gasteiger partial charge is 0.252 e. The Morgan fingerprint density at radius 2 is 2.07 bits per heavy atom. The van der Waals surface area contributed by atoms with Gasteiger partial charge in [0.2, 0.25) is 5.91 Å². The number of rotatable bonds is 8. The van der Waals surface area contributed by atoms with Crippen LogP contribution in [0.4, 0.5) is 5.82 Å². The van der Waals surface area contributed by atoms with Gasteiger partial charge in [0.25, 0.3) is 10.0 Å². The molecule has 1 saturated carbocycles. The molecule has 0 bridgehead atoms. The maximum Gasteiger partial charge on any atom is 0.252 e. The second kappa shape index (κ2) is 9.49. The molecule has 28 heavy (non-hydrogen) atoms. The van der Waals surface area contributed by atoms with Crippen molar-refractivity contribution in [2.45, 2.75) is 36.3 Å². The van der Waals surface area contributed by atoms with Crippen LogP contribution < -0.4 is 10.1 Å². The maximum atomic E-state index is 12.4. The van der Waals surface area contributed by atoms with Crippen molar-refractivity contribution in [3.8, 4) is 5.75 Å². The van der Waals surface area contributed by atoms with E-state index < -0.39 is 15.9 Å². The summed E-state index contributed by atoms with van der Waals surface area (Å²) in [6, 6.07) is 6.69. The fraction of sp³-hybridized carbons (Fsp3) is 0.474. The quantitative estimate of drug-likeness (QED) is 0.703. The van der Waals surface area contributed by atoms with E-state index in [4.69, 9.17) is 4.74 Å². The van der Waals surface area contributed by atoms with Gasteiger partial charge in [0, 0.05) is 13.2 Å². The fourth-order valence-electron chi connectivity index (χ4n) is 3.18. The number of thiophene rings is 1. The summed E-state index contributed by atoms with van der Waals surface area (Å²) >= 11 is 1.12. The zero-order chi connectivity index (χ0) is 20.0. The van der Waals surface area contributed by atoms with Crippen molar-refractivity contribution in [2.24, 2.45) is 5.92 Å². The molecule has 1 amide bonds. The fourth-order valence-corrected chi connectivity index (χ4v) is 5.51. The van der Waals surface area contributed by atoms with Crippen molar-refractivity contribution >= 4 is 33.1 Å². The average Bonchev–Trinajstić information content (AvgIpc) is 3.23. The molecule has 1 aliphatic carbocycles. The van der Waals surface area contributed by atoms with E-state index in [1.54, 1.807) is 29.8 Å². The topological polar surface area (TPSA) is 88.6 Å². The van der Waals surface area contributed by atoms with Crippen LogP contribution in [0.5, 0.6) is 5.75 Å². The zero-order valence-electron chi connectivity index (χ0n) is 15.8. The molecular weight excluding hydrogens is 398 g/mol. The van der Waals surface area contributed by atoms with Crippen LogP contribution in [0.2, 0.25) is 0 Å². The standard InChI is InChI=1S/C19H25N3O4S2/c1-22(28(24,25)18-10-6-12-27-18)13-17(23)21-19-16(9-5-11-20-19)26-14-15-7-3-2-4-8-15/h5-6,9-12,15H,2-4,7-8,13-14H2,1H3,(H,20,21,23). The monoisotopic (exact) mass is 423 g/mol. The molecule has 7 nitrogen and oxygen atoms in total. The summed E-state index contributed by atoms with van der Waals surface area (Å²) in [5, 5.41) is 4.35. The predicted octanol–water partition coefficient (Wildman–Crippen LogP) is 3.36. The summed E-state index contributed by atoms with van der Waals surface area (Å²) in [7, 11) is -2.30. The molecule has 0 aromatic carbocycles. The highest BCUT2D eigenvalue weighted by Crippen LogP contribution is 2.27. The summed E-state index contributed by atoms with van der Waals surface area (Å²) in [4.78, 5) is 16.6. The molecule has 1 fully saturated rings. The molecule has 1 aliphatic rings. The molecule has 0 radical (unpaired) electrons. The van der Waals surface area contributed by atoms with Gasteiger partial charge in [-0.1, -0.05) is 25.3 Å². The number of nitrogens with one attached hydrogen (secondary N) is 1. The number of amides is 1. The van der Waals surface area contributed by atoms with Crippen LogP contribution in [-0.4, -0.2) is 43.8 Å². The third-order valence-electron chi connectivity index (χ3n) is 4.75. The van der Waals surface area contributed by atoms with Crippen LogP contribution in [0.25, 0.3) is 0 Å². The highest BCUT2D eigenvalue weighted by Gasteiger charge is 2.24. The maximum absolute atomic E-state index is 12.4. The predicted molar refractivity (Wildman–Crippen MR) is 109 cm³/mol. The summed E-state index contributed by atoms with van der Waals surface area (Å²) in [6.45, 7) is 0.292.